The summed E-state index contributed by atoms with van der Waals surface area (Å²) >= 11 is 0. The Bertz CT molecular complexity index is 1300. The van der Waals surface area contributed by atoms with Crippen molar-refractivity contribution in [2.75, 3.05) is 19.0 Å². The van der Waals surface area contributed by atoms with Crippen LogP contribution >= 0.6 is 0 Å². The zero-order chi connectivity index (χ0) is 22.2. The molecule has 5 rings (SSSR count). The lowest BCUT2D eigenvalue weighted by Gasteiger charge is -2.36. The highest BCUT2D eigenvalue weighted by molar-refractivity contribution is 5.92. The third kappa shape index (κ3) is 3.58. The number of fused-ring (bicyclic) bond motifs is 3. The molecule has 2 amide bonds. The first kappa shape index (κ1) is 20.1. The van der Waals surface area contributed by atoms with Crippen LogP contribution in [-0.4, -0.2) is 29.6 Å². The fraction of sp³-hybridized carbons (Fsp3) is 0.192. The molecule has 0 fully saturated rings. The van der Waals surface area contributed by atoms with Crippen molar-refractivity contribution in [2.45, 2.75) is 19.4 Å². The molecule has 5 nitrogen and oxygen atoms in total. The molecule has 1 unspecified atom stereocenters. The van der Waals surface area contributed by atoms with Gasteiger partial charge >= 0.3 is 6.03 Å². The minimum Gasteiger partial charge on any atom is -0.497 e. The highest BCUT2D eigenvalue weighted by Gasteiger charge is 2.34. The van der Waals surface area contributed by atoms with E-state index in [0.29, 0.717) is 18.7 Å². The van der Waals surface area contributed by atoms with Crippen LogP contribution in [0.15, 0.2) is 66.7 Å². The van der Waals surface area contributed by atoms with Crippen LogP contribution in [0.5, 0.6) is 5.75 Å². The molecule has 1 aliphatic heterocycles. The Balaban J connectivity index is 1.58. The number of methoxy groups -OCH3 is 1. The van der Waals surface area contributed by atoms with Crippen molar-refractivity contribution < 1.29 is 13.9 Å². The summed E-state index contributed by atoms with van der Waals surface area (Å²) in [6, 6.07) is 19.6. The molecule has 4 aromatic rings. The van der Waals surface area contributed by atoms with E-state index in [1.165, 1.54) is 17.7 Å². The number of nitrogens with one attached hydrogen (secondary N) is 2. The van der Waals surface area contributed by atoms with Gasteiger partial charge in [-0.1, -0.05) is 35.9 Å². The molecule has 162 valence electrons. The fourth-order valence-corrected chi connectivity index (χ4v) is 4.47. The quantitative estimate of drug-likeness (QED) is 0.432. The molecule has 1 aliphatic rings. The topological polar surface area (TPSA) is 57.4 Å². The normalized spacial score (nSPS) is 15.5. The highest BCUT2D eigenvalue weighted by atomic mass is 19.1. The lowest BCUT2D eigenvalue weighted by Crippen LogP contribution is -2.43. The van der Waals surface area contributed by atoms with Crippen molar-refractivity contribution in [2.24, 2.45) is 0 Å². The van der Waals surface area contributed by atoms with Crippen molar-refractivity contribution in [1.82, 2.24) is 9.88 Å². The van der Waals surface area contributed by atoms with Gasteiger partial charge in [0.15, 0.2) is 0 Å². The van der Waals surface area contributed by atoms with Crippen molar-refractivity contribution in [1.29, 1.82) is 0 Å². The first-order chi connectivity index (χ1) is 15.5. The van der Waals surface area contributed by atoms with Crippen LogP contribution in [-0.2, 0) is 6.42 Å². The molecule has 0 saturated heterocycles. The summed E-state index contributed by atoms with van der Waals surface area (Å²) in [6.45, 7) is 2.58. The number of aromatic amines is 1. The number of hydrogen-bond donors (Lipinski definition) is 2. The van der Waals surface area contributed by atoms with E-state index in [-0.39, 0.29) is 17.9 Å². The Morgan fingerprint density at radius 2 is 1.94 bits per heavy atom. The Morgan fingerprint density at radius 1 is 1.12 bits per heavy atom. The molecule has 1 aromatic heterocycles. The molecule has 0 spiro atoms. The number of urea groups is 1. The van der Waals surface area contributed by atoms with E-state index in [9.17, 15) is 9.18 Å². The van der Waals surface area contributed by atoms with Crippen molar-refractivity contribution >= 4 is 22.6 Å². The monoisotopic (exact) mass is 429 g/mol. The van der Waals surface area contributed by atoms with E-state index in [1.807, 2.05) is 30.0 Å². The van der Waals surface area contributed by atoms with Gasteiger partial charge in [0.25, 0.3) is 0 Å². The number of carbonyl (C=O) groups excluding carboxylic acids is 1. The number of hydrogen-bond acceptors (Lipinski definition) is 2. The van der Waals surface area contributed by atoms with E-state index >= 15 is 0 Å². The second-order valence-electron chi connectivity index (χ2n) is 8.13. The zero-order valence-electron chi connectivity index (χ0n) is 18.0. The maximum absolute atomic E-state index is 13.6. The summed E-state index contributed by atoms with van der Waals surface area (Å²) < 4.78 is 19.1. The summed E-state index contributed by atoms with van der Waals surface area (Å²) in [5.41, 5.74) is 5.81. The van der Waals surface area contributed by atoms with Gasteiger partial charge in [0, 0.05) is 28.8 Å². The van der Waals surface area contributed by atoms with Crippen molar-refractivity contribution in [3.8, 4) is 5.75 Å². The molecule has 6 heteroatoms. The number of carbonyl (C=O) groups is 1. The van der Waals surface area contributed by atoms with Gasteiger partial charge in [0.1, 0.15) is 11.6 Å². The predicted octanol–water partition coefficient (Wildman–Crippen LogP) is 5.80. The first-order valence-corrected chi connectivity index (χ1v) is 10.6. The lowest BCUT2D eigenvalue weighted by atomic mass is 9.92. The van der Waals surface area contributed by atoms with Crippen molar-refractivity contribution in [3.63, 3.8) is 0 Å². The number of amides is 2. The maximum atomic E-state index is 13.6. The molecule has 0 radical (unpaired) electrons. The summed E-state index contributed by atoms with van der Waals surface area (Å²) in [6.07, 6.45) is 0.710. The third-order valence-electron chi connectivity index (χ3n) is 6.06. The standard InChI is InChI=1S/C26H24FN3O2/c1-16-6-8-17(9-7-16)25-24-21(22-15-20(32-2)10-11-23(22)29-24)12-13-30(25)26(31)28-19-5-3-4-18(27)14-19/h3-11,14-15,25,29H,12-13H2,1-2H3,(H,28,31). The molecule has 1 atom stereocenters. The number of nitrogens with zero attached hydrogens (tertiary/aromatic N) is 1. The Kier molecular flexibility index (Phi) is 5.05. The van der Waals surface area contributed by atoms with Gasteiger partial charge in [0.05, 0.1) is 13.2 Å². The van der Waals surface area contributed by atoms with Crippen LogP contribution in [0.25, 0.3) is 10.9 Å². The number of aromatic nitrogens is 1. The molecule has 2 N–H and O–H groups in total. The summed E-state index contributed by atoms with van der Waals surface area (Å²) in [7, 11) is 1.66. The predicted molar refractivity (Wildman–Crippen MR) is 124 cm³/mol. The summed E-state index contributed by atoms with van der Waals surface area (Å²) in [5, 5.41) is 3.97. The molecule has 3 aromatic carbocycles. The van der Waals surface area contributed by atoms with E-state index in [4.69, 9.17) is 4.74 Å². The largest absolute Gasteiger partial charge is 0.497 e. The first-order valence-electron chi connectivity index (χ1n) is 10.6. The van der Waals surface area contributed by atoms with E-state index in [2.05, 4.69) is 34.6 Å². The number of anilines is 1. The molecular formula is C26H24FN3O2. The molecular weight excluding hydrogens is 405 g/mol. The molecule has 0 saturated carbocycles. The van der Waals surface area contributed by atoms with Gasteiger partial charge in [-0.2, -0.15) is 0 Å². The minimum atomic E-state index is -0.386. The fourth-order valence-electron chi connectivity index (χ4n) is 4.47. The van der Waals surface area contributed by atoms with Gasteiger partial charge in [-0.05, 0) is 60.9 Å². The van der Waals surface area contributed by atoms with Crippen LogP contribution in [0.3, 0.4) is 0 Å². The maximum Gasteiger partial charge on any atom is 0.322 e. The van der Waals surface area contributed by atoms with Crippen LogP contribution < -0.4 is 10.1 Å². The van der Waals surface area contributed by atoms with E-state index in [0.717, 1.165) is 33.5 Å². The van der Waals surface area contributed by atoms with Crippen LogP contribution in [0.2, 0.25) is 0 Å². The van der Waals surface area contributed by atoms with Crippen LogP contribution in [0, 0.1) is 12.7 Å². The van der Waals surface area contributed by atoms with Crippen LogP contribution in [0.4, 0.5) is 14.9 Å². The molecule has 2 heterocycles. The highest BCUT2D eigenvalue weighted by Crippen LogP contribution is 2.39. The lowest BCUT2D eigenvalue weighted by molar-refractivity contribution is 0.193. The number of ether oxygens (including phenoxy) is 1. The minimum absolute atomic E-state index is 0.261. The third-order valence-corrected chi connectivity index (χ3v) is 6.06. The van der Waals surface area contributed by atoms with E-state index in [1.54, 1.807) is 19.2 Å². The van der Waals surface area contributed by atoms with Gasteiger partial charge < -0.3 is 19.9 Å². The second-order valence-corrected chi connectivity index (χ2v) is 8.13. The zero-order valence-corrected chi connectivity index (χ0v) is 18.0. The average Bonchev–Trinajstić information content (AvgIpc) is 3.17. The summed E-state index contributed by atoms with van der Waals surface area (Å²) in [4.78, 5) is 18.7. The van der Waals surface area contributed by atoms with E-state index < -0.39 is 0 Å². The van der Waals surface area contributed by atoms with Crippen LogP contribution in [0.1, 0.15) is 28.4 Å². The number of H-pyrrole nitrogens is 1. The van der Waals surface area contributed by atoms with Gasteiger partial charge in [0.2, 0.25) is 0 Å². The van der Waals surface area contributed by atoms with Gasteiger partial charge in [-0.25, -0.2) is 9.18 Å². The Labute approximate surface area is 185 Å². The van der Waals surface area contributed by atoms with Gasteiger partial charge in [-0.15, -0.1) is 0 Å². The SMILES string of the molecule is COc1ccc2[nH]c3c(c2c1)CCN(C(=O)Nc1cccc(F)c1)C3c1ccc(C)cc1. The molecule has 32 heavy (non-hydrogen) atoms. The smallest absolute Gasteiger partial charge is 0.322 e. The molecule has 0 aliphatic carbocycles. The number of benzene rings is 3. The number of rotatable bonds is 3. The molecule has 0 bridgehead atoms. The number of aryl methyl sites for hydroxylation is 1. The summed E-state index contributed by atoms with van der Waals surface area (Å²) in [5.74, 6) is 0.417. The Morgan fingerprint density at radius 3 is 2.69 bits per heavy atom. The Hall–Kier alpha value is -3.80. The second kappa shape index (κ2) is 8.04. The average molecular weight is 429 g/mol. The van der Waals surface area contributed by atoms with Gasteiger partial charge in [-0.3, -0.25) is 0 Å². The number of halogens is 1. The van der Waals surface area contributed by atoms with Crippen molar-refractivity contribution in [3.05, 3.63) is 94.9 Å².